The van der Waals surface area contributed by atoms with Gasteiger partial charge in [-0.25, -0.2) is 0 Å². The van der Waals surface area contributed by atoms with Crippen molar-refractivity contribution >= 4 is 0 Å². The van der Waals surface area contributed by atoms with Crippen LogP contribution < -0.4 is 34.0 Å². The Morgan fingerprint density at radius 2 is 0.833 bits per heavy atom. The number of nitrogens with zero attached hydrogens (tertiary/aromatic N) is 2. The number of halogens is 2. The van der Waals surface area contributed by atoms with E-state index in [1.54, 1.807) is 0 Å². The molecule has 4 heteroatoms. The highest BCUT2D eigenvalue weighted by molar-refractivity contribution is 4.43. The summed E-state index contributed by atoms with van der Waals surface area (Å²) in [6.07, 6.45) is 5.59. The van der Waals surface area contributed by atoms with Crippen LogP contribution in [0.2, 0.25) is 0 Å². The van der Waals surface area contributed by atoms with Crippen LogP contribution in [0.3, 0.4) is 0 Å². The average molecular weight is 390 g/mol. The van der Waals surface area contributed by atoms with Crippen molar-refractivity contribution in [2.24, 2.45) is 0 Å². The van der Waals surface area contributed by atoms with E-state index >= 15 is 0 Å². The van der Waals surface area contributed by atoms with Crippen LogP contribution in [-0.2, 0) is 0 Å². The Morgan fingerprint density at radius 1 is 0.556 bits per heavy atom. The highest BCUT2D eigenvalue weighted by atomic mass is 79.9. The Kier molecular flexibility index (Phi) is 15.5. The van der Waals surface area contributed by atoms with E-state index in [1.807, 2.05) is 0 Å². The quantitative estimate of drug-likeness (QED) is 0.287. The number of hydrogen-bond acceptors (Lipinski definition) is 0. The Morgan fingerprint density at radius 3 is 1.06 bits per heavy atom. The highest BCUT2D eigenvalue weighted by Gasteiger charge is 2.12. The van der Waals surface area contributed by atoms with Crippen LogP contribution in [0.5, 0.6) is 0 Å². The normalized spacial score (nSPS) is 11.7. The molecule has 114 valence electrons. The number of unbranched alkanes of at least 4 members (excludes halogenated alkanes) is 3. The number of quaternary nitrogens is 2. The first kappa shape index (κ1) is 23.9. The molecule has 0 atom stereocenters. The molecule has 0 amide bonds. The zero-order valence-corrected chi connectivity index (χ0v) is 16.5. The predicted molar refractivity (Wildman–Crippen MR) is 73.5 cm³/mol. The van der Waals surface area contributed by atoms with Gasteiger partial charge in [0.05, 0.1) is 54.4 Å². The molecular formula is C14H34Br2N2. The summed E-state index contributed by atoms with van der Waals surface area (Å²) < 4.78 is 2.35. The molecule has 0 fully saturated rings. The second kappa shape index (κ2) is 11.7. The van der Waals surface area contributed by atoms with Crippen LogP contribution in [0.25, 0.3) is 0 Å². The van der Waals surface area contributed by atoms with Gasteiger partial charge in [-0.1, -0.05) is 0 Å². The van der Waals surface area contributed by atoms with Crippen LogP contribution in [0.4, 0.5) is 0 Å². The van der Waals surface area contributed by atoms with E-state index in [9.17, 15) is 0 Å². The van der Waals surface area contributed by atoms with Gasteiger partial charge in [-0.2, -0.15) is 0 Å². The van der Waals surface area contributed by atoms with E-state index in [0.29, 0.717) is 0 Å². The maximum Gasteiger partial charge on any atom is 0.0782 e. The molecule has 0 saturated carbocycles. The van der Waals surface area contributed by atoms with Crippen molar-refractivity contribution in [3.63, 3.8) is 0 Å². The lowest BCUT2D eigenvalue weighted by atomic mass is 10.1. The molecule has 0 rings (SSSR count). The first-order valence-corrected chi connectivity index (χ1v) is 6.97. The van der Waals surface area contributed by atoms with Crippen molar-refractivity contribution < 1.29 is 42.9 Å². The Hall–Kier alpha value is 0.880. The lowest BCUT2D eigenvalue weighted by Crippen LogP contribution is -3.00. The highest BCUT2D eigenvalue weighted by Crippen LogP contribution is 2.07. The van der Waals surface area contributed by atoms with E-state index in [1.165, 1.54) is 60.8 Å². The van der Waals surface area contributed by atoms with Crippen LogP contribution in [-0.4, -0.2) is 63.3 Å². The molecule has 0 N–H and O–H groups in total. The van der Waals surface area contributed by atoms with E-state index in [-0.39, 0.29) is 34.0 Å². The third-order valence-corrected chi connectivity index (χ3v) is 3.99. The molecule has 0 aromatic rings. The van der Waals surface area contributed by atoms with Gasteiger partial charge in [-0.05, 0) is 39.5 Å². The lowest BCUT2D eigenvalue weighted by Gasteiger charge is -2.29. The van der Waals surface area contributed by atoms with E-state index in [0.717, 1.165) is 0 Å². The van der Waals surface area contributed by atoms with Gasteiger partial charge in [-0.3, -0.25) is 0 Å². The molecule has 0 aliphatic rings. The van der Waals surface area contributed by atoms with Gasteiger partial charge >= 0.3 is 0 Å². The largest absolute Gasteiger partial charge is 1.00 e. The Balaban J connectivity index is -0.00000112. The summed E-state index contributed by atoms with van der Waals surface area (Å²) in [6, 6.07) is 0. The third kappa shape index (κ3) is 13.3. The van der Waals surface area contributed by atoms with Gasteiger partial charge < -0.3 is 42.9 Å². The number of rotatable bonds is 9. The summed E-state index contributed by atoms with van der Waals surface area (Å²) in [5.74, 6) is 0. The minimum absolute atomic E-state index is 0. The molecular weight excluding hydrogens is 356 g/mol. The summed E-state index contributed by atoms with van der Waals surface area (Å²) in [4.78, 5) is 0. The minimum Gasteiger partial charge on any atom is -1.00 e. The molecule has 0 radical (unpaired) electrons. The molecule has 0 heterocycles. The van der Waals surface area contributed by atoms with Gasteiger partial charge in [0.1, 0.15) is 0 Å². The monoisotopic (exact) mass is 388 g/mol. The zero-order chi connectivity index (χ0) is 12.7. The van der Waals surface area contributed by atoms with Crippen molar-refractivity contribution in [2.75, 3.05) is 54.4 Å². The van der Waals surface area contributed by atoms with Crippen LogP contribution in [0, 0.1) is 0 Å². The first-order valence-electron chi connectivity index (χ1n) is 6.97. The third-order valence-electron chi connectivity index (χ3n) is 3.99. The number of hydrogen-bond donors (Lipinski definition) is 0. The van der Waals surface area contributed by atoms with Crippen molar-refractivity contribution in [1.29, 1.82) is 0 Å². The second-order valence-corrected chi connectivity index (χ2v) is 6.37. The smallest absolute Gasteiger partial charge is 0.0782 e. The van der Waals surface area contributed by atoms with Gasteiger partial charge in [-0.15, -0.1) is 0 Å². The molecule has 0 aromatic carbocycles. The molecule has 0 unspecified atom stereocenters. The van der Waals surface area contributed by atoms with Gasteiger partial charge in [0.2, 0.25) is 0 Å². The molecule has 0 aromatic heterocycles. The lowest BCUT2D eigenvalue weighted by molar-refractivity contribution is -0.889. The Labute approximate surface area is 136 Å². The minimum atomic E-state index is 0. The van der Waals surface area contributed by atoms with Crippen LogP contribution in [0.1, 0.15) is 39.5 Å². The van der Waals surface area contributed by atoms with Crippen molar-refractivity contribution in [2.45, 2.75) is 39.5 Å². The summed E-state index contributed by atoms with van der Waals surface area (Å²) in [5.41, 5.74) is 0. The fourth-order valence-corrected chi connectivity index (χ4v) is 1.75. The Bertz CT molecular complexity index is 163. The molecule has 0 aliphatic heterocycles. The molecule has 0 spiro atoms. The molecule has 0 bridgehead atoms. The van der Waals surface area contributed by atoms with Gasteiger partial charge in [0.25, 0.3) is 0 Å². The maximum absolute atomic E-state index is 2.33. The SMILES string of the molecule is CC[N+](C)(C)CCCCCC[N+](C)(C)CC.[Br-].[Br-]. The topological polar surface area (TPSA) is 0 Å². The van der Waals surface area contributed by atoms with Crippen molar-refractivity contribution in [3.05, 3.63) is 0 Å². The molecule has 18 heavy (non-hydrogen) atoms. The van der Waals surface area contributed by atoms with Gasteiger partial charge in [0.15, 0.2) is 0 Å². The van der Waals surface area contributed by atoms with Gasteiger partial charge in [0, 0.05) is 0 Å². The van der Waals surface area contributed by atoms with Crippen LogP contribution >= 0.6 is 0 Å². The van der Waals surface area contributed by atoms with E-state index in [4.69, 9.17) is 0 Å². The predicted octanol–water partition coefficient (Wildman–Crippen LogP) is -3.25. The molecule has 0 aliphatic carbocycles. The van der Waals surface area contributed by atoms with Crippen LogP contribution in [0.15, 0.2) is 0 Å². The average Bonchev–Trinajstić information content (AvgIpc) is 2.23. The fraction of sp³-hybridized carbons (Fsp3) is 1.00. The maximum atomic E-state index is 2.33. The summed E-state index contributed by atoms with van der Waals surface area (Å²) in [5, 5.41) is 0. The molecule has 2 nitrogen and oxygen atoms in total. The first-order chi connectivity index (χ1) is 7.33. The summed E-state index contributed by atoms with van der Waals surface area (Å²) in [7, 11) is 9.32. The zero-order valence-electron chi connectivity index (χ0n) is 13.3. The summed E-state index contributed by atoms with van der Waals surface area (Å²) in [6.45, 7) is 9.73. The standard InChI is InChI=1S/C14H34N2.2BrH/c1-7-15(3,4)13-11-9-10-12-14-16(5,6)8-2;;/h7-14H2,1-6H3;2*1H/q+2;;/p-2. The second-order valence-electron chi connectivity index (χ2n) is 6.37. The van der Waals surface area contributed by atoms with E-state index < -0.39 is 0 Å². The summed E-state index contributed by atoms with van der Waals surface area (Å²) >= 11 is 0. The van der Waals surface area contributed by atoms with Crippen molar-refractivity contribution in [1.82, 2.24) is 0 Å². The molecule has 0 saturated heterocycles. The van der Waals surface area contributed by atoms with Crippen molar-refractivity contribution in [3.8, 4) is 0 Å². The fourth-order valence-electron chi connectivity index (χ4n) is 1.75. The van der Waals surface area contributed by atoms with E-state index in [2.05, 4.69) is 42.0 Å².